The summed E-state index contributed by atoms with van der Waals surface area (Å²) >= 11 is 1.76. The lowest BCUT2D eigenvalue weighted by Crippen LogP contribution is -2.32. The minimum absolute atomic E-state index is 0.113. The van der Waals surface area contributed by atoms with E-state index in [0.29, 0.717) is 12.3 Å². The Morgan fingerprint density at radius 1 is 1.37 bits per heavy atom. The van der Waals surface area contributed by atoms with Gasteiger partial charge in [0, 0.05) is 17.8 Å². The third kappa shape index (κ3) is 5.33. The lowest BCUT2D eigenvalue weighted by molar-refractivity contribution is -0.121. The van der Waals surface area contributed by atoms with Gasteiger partial charge >= 0.3 is 0 Å². The Hall–Kier alpha value is -0.870. The topological polar surface area (TPSA) is 49.3 Å². The van der Waals surface area contributed by atoms with Crippen LogP contribution < -0.4 is 5.32 Å². The molecule has 1 aromatic heterocycles. The van der Waals surface area contributed by atoms with Gasteiger partial charge in [-0.1, -0.05) is 6.07 Å². The second-order valence-electron chi connectivity index (χ2n) is 5.41. The molecule has 106 valence electrons. The van der Waals surface area contributed by atoms with E-state index in [9.17, 15) is 9.90 Å². The summed E-state index contributed by atoms with van der Waals surface area (Å²) in [6.45, 7) is 0.782. The molecule has 1 amide bonds. The van der Waals surface area contributed by atoms with E-state index in [1.165, 1.54) is 4.88 Å². The fourth-order valence-corrected chi connectivity index (χ4v) is 3.32. The van der Waals surface area contributed by atoms with Crippen molar-refractivity contribution >= 4 is 17.2 Å². The van der Waals surface area contributed by atoms with Crippen molar-refractivity contribution in [3.63, 3.8) is 0 Å². The fraction of sp³-hybridized carbons (Fsp3) is 0.667. The second-order valence-corrected chi connectivity index (χ2v) is 6.44. The first-order chi connectivity index (χ1) is 9.24. The first-order valence-electron chi connectivity index (χ1n) is 7.21. The van der Waals surface area contributed by atoms with Crippen LogP contribution in [-0.4, -0.2) is 23.7 Å². The maximum atomic E-state index is 11.7. The molecular formula is C15H23NO2S. The summed E-state index contributed by atoms with van der Waals surface area (Å²) in [5.41, 5.74) is 0. The molecule has 1 aliphatic carbocycles. The lowest BCUT2D eigenvalue weighted by Gasteiger charge is -2.25. The van der Waals surface area contributed by atoms with Gasteiger partial charge in [0.15, 0.2) is 0 Å². The van der Waals surface area contributed by atoms with E-state index >= 15 is 0 Å². The van der Waals surface area contributed by atoms with E-state index < -0.39 is 0 Å². The highest BCUT2D eigenvalue weighted by atomic mass is 32.1. The van der Waals surface area contributed by atoms with Gasteiger partial charge in [0.2, 0.25) is 5.91 Å². The van der Waals surface area contributed by atoms with E-state index in [0.717, 1.165) is 45.1 Å². The van der Waals surface area contributed by atoms with Crippen LogP contribution >= 0.6 is 11.3 Å². The molecule has 4 heteroatoms. The van der Waals surface area contributed by atoms with Gasteiger partial charge in [0.05, 0.1) is 6.10 Å². The van der Waals surface area contributed by atoms with Crippen molar-refractivity contribution in [2.45, 2.75) is 51.0 Å². The highest BCUT2D eigenvalue weighted by molar-refractivity contribution is 7.09. The van der Waals surface area contributed by atoms with E-state index in [2.05, 4.69) is 22.8 Å². The Morgan fingerprint density at radius 2 is 2.16 bits per heavy atom. The summed E-state index contributed by atoms with van der Waals surface area (Å²) in [6, 6.07) is 4.17. The van der Waals surface area contributed by atoms with Crippen molar-refractivity contribution in [2.24, 2.45) is 5.92 Å². The number of aliphatic hydroxyl groups excluding tert-OH is 1. The fourth-order valence-electron chi connectivity index (χ4n) is 2.57. The van der Waals surface area contributed by atoms with Crippen molar-refractivity contribution in [1.82, 2.24) is 5.32 Å². The van der Waals surface area contributed by atoms with E-state index in [-0.39, 0.29) is 12.0 Å². The van der Waals surface area contributed by atoms with Crippen LogP contribution in [0, 0.1) is 5.92 Å². The van der Waals surface area contributed by atoms with Gasteiger partial charge in [-0.15, -0.1) is 11.3 Å². The summed E-state index contributed by atoms with van der Waals surface area (Å²) < 4.78 is 0. The highest BCUT2D eigenvalue weighted by Crippen LogP contribution is 2.23. The Balaban J connectivity index is 1.54. The smallest absolute Gasteiger partial charge is 0.220 e. The molecule has 1 heterocycles. The van der Waals surface area contributed by atoms with Gasteiger partial charge < -0.3 is 10.4 Å². The van der Waals surface area contributed by atoms with Crippen molar-refractivity contribution in [3.8, 4) is 0 Å². The summed E-state index contributed by atoms with van der Waals surface area (Å²) in [5, 5.41) is 14.5. The number of aliphatic hydroxyl groups is 1. The number of carbonyl (C=O) groups is 1. The zero-order valence-electron chi connectivity index (χ0n) is 11.3. The zero-order chi connectivity index (χ0) is 13.5. The maximum absolute atomic E-state index is 11.7. The van der Waals surface area contributed by atoms with E-state index in [1.54, 1.807) is 11.3 Å². The molecule has 19 heavy (non-hydrogen) atoms. The van der Waals surface area contributed by atoms with Gasteiger partial charge in [0.25, 0.3) is 0 Å². The van der Waals surface area contributed by atoms with Crippen LogP contribution in [0.4, 0.5) is 0 Å². The number of hydrogen-bond donors (Lipinski definition) is 2. The average molecular weight is 281 g/mol. The van der Waals surface area contributed by atoms with Crippen LogP contribution in [0.2, 0.25) is 0 Å². The number of hydrogen-bond acceptors (Lipinski definition) is 3. The van der Waals surface area contributed by atoms with Crippen LogP contribution in [0.5, 0.6) is 0 Å². The molecule has 1 aromatic rings. The van der Waals surface area contributed by atoms with E-state index in [1.807, 2.05) is 0 Å². The van der Waals surface area contributed by atoms with Crippen LogP contribution in [0.15, 0.2) is 17.5 Å². The Morgan fingerprint density at radius 3 is 2.84 bits per heavy atom. The molecule has 3 nitrogen and oxygen atoms in total. The van der Waals surface area contributed by atoms with Gasteiger partial charge in [0.1, 0.15) is 0 Å². The van der Waals surface area contributed by atoms with Crippen molar-refractivity contribution in [3.05, 3.63) is 22.4 Å². The molecule has 0 saturated heterocycles. The largest absolute Gasteiger partial charge is 0.393 e. The summed E-state index contributed by atoms with van der Waals surface area (Å²) in [7, 11) is 0. The van der Waals surface area contributed by atoms with Gasteiger partial charge in [-0.25, -0.2) is 0 Å². The molecule has 0 atom stereocenters. The number of carbonyl (C=O) groups excluding carboxylic acids is 1. The van der Waals surface area contributed by atoms with Crippen LogP contribution in [0.3, 0.4) is 0 Å². The Labute approximate surface area is 119 Å². The molecule has 1 fully saturated rings. The Bertz CT molecular complexity index is 370. The molecule has 0 aliphatic heterocycles. The quantitative estimate of drug-likeness (QED) is 0.842. The molecule has 0 bridgehead atoms. The number of thiophene rings is 1. The molecule has 0 unspecified atom stereocenters. The Kier molecular flexibility index (Phi) is 5.86. The first kappa shape index (κ1) is 14.5. The molecule has 0 spiro atoms. The van der Waals surface area contributed by atoms with Gasteiger partial charge in [-0.2, -0.15) is 0 Å². The second kappa shape index (κ2) is 7.65. The minimum Gasteiger partial charge on any atom is -0.393 e. The van der Waals surface area contributed by atoms with Crippen molar-refractivity contribution in [1.29, 1.82) is 0 Å². The molecule has 2 rings (SSSR count). The number of amides is 1. The third-order valence-electron chi connectivity index (χ3n) is 3.81. The lowest BCUT2D eigenvalue weighted by atomic mass is 9.87. The average Bonchev–Trinajstić information content (AvgIpc) is 2.91. The molecule has 2 N–H and O–H groups in total. The first-order valence-corrected chi connectivity index (χ1v) is 8.09. The maximum Gasteiger partial charge on any atom is 0.220 e. The summed E-state index contributed by atoms with van der Waals surface area (Å²) in [5.74, 6) is 0.729. The predicted octanol–water partition coefficient (Wildman–Crippen LogP) is 2.74. The summed E-state index contributed by atoms with van der Waals surface area (Å²) in [4.78, 5) is 13.1. The monoisotopic (exact) mass is 281 g/mol. The molecule has 0 aromatic carbocycles. The van der Waals surface area contributed by atoms with Gasteiger partial charge in [-0.05, 0) is 55.9 Å². The number of nitrogens with one attached hydrogen (secondary N) is 1. The number of rotatable bonds is 6. The van der Waals surface area contributed by atoms with Crippen molar-refractivity contribution in [2.75, 3.05) is 6.54 Å². The number of aryl methyl sites for hydroxylation is 1. The van der Waals surface area contributed by atoms with Crippen LogP contribution in [0.1, 0.15) is 43.4 Å². The van der Waals surface area contributed by atoms with Crippen molar-refractivity contribution < 1.29 is 9.90 Å². The third-order valence-corrected chi connectivity index (χ3v) is 4.75. The van der Waals surface area contributed by atoms with Gasteiger partial charge in [-0.3, -0.25) is 4.79 Å². The molecular weight excluding hydrogens is 258 g/mol. The van der Waals surface area contributed by atoms with E-state index in [4.69, 9.17) is 0 Å². The summed E-state index contributed by atoms with van der Waals surface area (Å²) in [6.07, 6.45) is 6.28. The normalized spacial score (nSPS) is 23.2. The molecule has 1 saturated carbocycles. The zero-order valence-corrected chi connectivity index (χ0v) is 12.1. The SMILES string of the molecule is O=C(CCCc1cccs1)NCC1CCC(O)CC1. The highest BCUT2D eigenvalue weighted by Gasteiger charge is 2.19. The molecule has 0 radical (unpaired) electrons. The molecule has 1 aliphatic rings. The minimum atomic E-state index is -0.113. The van der Waals surface area contributed by atoms with Crippen LogP contribution in [-0.2, 0) is 11.2 Å². The standard InChI is InChI=1S/C15H23NO2S/c17-13-8-6-12(7-9-13)11-16-15(18)5-1-3-14-4-2-10-19-14/h2,4,10,12-13,17H,1,3,5-9,11H2,(H,16,18). The predicted molar refractivity (Wildman–Crippen MR) is 78.2 cm³/mol. The van der Waals surface area contributed by atoms with Crippen LogP contribution in [0.25, 0.3) is 0 Å².